The molecule has 1 N–H and O–H groups in total. The molecule has 0 saturated carbocycles. The maximum Gasteiger partial charge on any atom is 0.384 e. The minimum absolute atomic E-state index is 0.0476. The number of carbonyl (C=O) groups is 1. The van der Waals surface area contributed by atoms with Gasteiger partial charge in [-0.05, 0) is 25.8 Å². The van der Waals surface area contributed by atoms with E-state index in [2.05, 4.69) is 4.74 Å². The average molecular weight is 765 g/mol. The van der Waals surface area contributed by atoms with Crippen molar-refractivity contribution in [3.8, 4) is 0 Å². The van der Waals surface area contributed by atoms with Gasteiger partial charge in [0, 0.05) is 28.4 Å². The van der Waals surface area contributed by atoms with Crippen LogP contribution in [0.5, 0.6) is 0 Å². The molecule has 1 rings (SSSR count). The van der Waals surface area contributed by atoms with E-state index in [1.165, 1.54) is 18.2 Å². The lowest BCUT2D eigenvalue weighted by atomic mass is 9.75. The topological polar surface area (TPSA) is 80.7 Å². The quantitative estimate of drug-likeness (QED) is 0.116. The highest BCUT2D eigenvalue weighted by atomic mass is 32.2. The fourth-order valence-corrected chi connectivity index (χ4v) is 3.66. The third-order valence-corrected chi connectivity index (χ3v) is 6.47. The van der Waals surface area contributed by atoms with E-state index in [0.717, 1.165) is 26.0 Å². The maximum absolute atomic E-state index is 15.6. The lowest BCUT2D eigenvalue weighted by Gasteiger charge is -2.40. The zero-order valence-electron chi connectivity index (χ0n) is 25.1. The molecular formula is C25H29F17O5S. The van der Waals surface area contributed by atoms with Crippen LogP contribution in [0.4, 0.5) is 75.0 Å². The number of hydrogen-bond acceptors (Lipinski definition) is 4. The van der Waals surface area contributed by atoms with Crippen molar-refractivity contribution >= 4 is 16.1 Å². The summed E-state index contributed by atoms with van der Waals surface area (Å²) in [5, 5.41) is 0. The van der Waals surface area contributed by atoms with Crippen LogP contribution in [0.1, 0.15) is 46.1 Å². The van der Waals surface area contributed by atoms with Crippen molar-refractivity contribution in [1.82, 2.24) is 0 Å². The van der Waals surface area contributed by atoms with Crippen LogP contribution in [0.3, 0.4) is 0 Å². The Morgan fingerprint density at radius 3 is 1.50 bits per heavy atom. The van der Waals surface area contributed by atoms with E-state index < -0.39 is 100 Å². The van der Waals surface area contributed by atoms with E-state index in [9.17, 15) is 74.7 Å². The van der Waals surface area contributed by atoms with Gasteiger partial charge in [0.25, 0.3) is 16.0 Å². The smallest absolute Gasteiger partial charge is 0.384 e. The van der Waals surface area contributed by atoms with Gasteiger partial charge in [0.2, 0.25) is 0 Å². The number of carbonyl (C=O) groups excluding carboxylic acids is 1. The second-order valence-corrected chi connectivity index (χ2v) is 12.4. The Hall–Kier alpha value is -2.59. The van der Waals surface area contributed by atoms with E-state index >= 15 is 4.39 Å². The third-order valence-electron chi connectivity index (χ3n) is 6.47. The van der Waals surface area contributed by atoms with Gasteiger partial charge >= 0.3 is 42.0 Å². The predicted molar refractivity (Wildman–Crippen MR) is 133 cm³/mol. The summed E-state index contributed by atoms with van der Waals surface area (Å²) >= 11 is 0. The largest absolute Gasteiger partial charge is 0.465 e. The number of halogens is 17. The lowest BCUT2D eigenvalue weighted by Crippen LogP contribution is -2.69. The van der Waals surface area contributed by atoms with Gasteiger partial charge in [-0.1, -0.05) is 37.3 Å². The van der Waals surface area contributed by atoms with E-state index in [1.54, 1.807) is 0 Å². The molecule has 0 aliphatic carbocycles. The molecule has 0 amide bonds. The van der Waals surface area contributed by atoms with E-state index in [4.69, 9.17) is 13.7 Å². The summed E-state index contributed by atoms with van der Waals surface area (Å²) in [6, 6.07) is 5.77. The highest BCUT2D eigenvalue weighted by molar-refractivity contribution is 7.85. The summed E-state index contributed by atoms with van der Waals surface area (Å²) in [5.41, 5.74) is -6.20. The van der Waals surface area contributed by atoms with Crippen molar-refractivity contribution in [3.63, 3.8) is 0 Å². The van der Waals surface area contributed by atoms with E-state index in [0.29, 0.717) is 6.26 Å². The minimum Gasteiger partial charge on any atom is -0.465 e. The fourth-order valence-electron chi connectivity index (χ4n) is 3.66. The molecule has 23 heteroatoms. The molecule has 2 unspecified atom stereocenters. The van der Waals surface area contributed by atoms with Crippen molar-refractivity contribution in [3.05, 3.63) is 35.9 Å². The summed E-state index contributed by atoms with van der Waals surface area (Å²) < 4.78 is 251. The number of hydrogen-bond donors (Lipinski definition) is 1. The molecule has 0 fully saturated rings. The number of ether oxygens (including phenoxy) is 1. The molecule has 0 saturated heterocycles. The normalized spacial score (nSPS) is 15.8. The minimum atomic E-state index is -7.70. The first-order valence-electron chi connectivity index (χ1n) is 12.6. The summed E-state index contributed by atoms with van der Waals surface area (Å²) in [6.45, 7) is 0.692. The number of rotatable bonds is 14. The van der Waals surface area contributed by atoms with Gasteiger partial charge in [0.05, 0.1) is 18.3 Å². The molecule has 0 bridgehead atoms. The molecule has 0 aliphatic heterocycles. The SMILES string of the molecule is CC(CCOC(=O)C(C)(C)CC(F)(c1ccccc1)C(C)(F)F)C(F)(F)C(F)(F)C(F)(F)C(F)(F)C(F)(F)C(F)F.CS(=O)(=O)O.FF. The zero-order valence-corrected chi connectivity index (χ0v) is 25.9. The summed E-state index contributed by atoms with van der Waals surface area (Å²) in [6.07, 6.45) is -7.71. The first kappa shape index (κ1) is 47.5. The Morgan fingerprint density at radius 1 is 0.771 bits per heavy atom. The molecular weight excluding hydrogens is 735 g/mol. The molecule has 1 aromatic rings. The van der Waals surface area contributed by atoms with Crippen LogP contribution < -0.4 is 0 Å². The van der Waals surface area contributed by atoms with Crippen LogP contribution in [0, 0.1) is 11.3 Å². The second-order valence-electron chi connectivity index (χ2n) is 10.9. The fraction of sp³-hybridized carbons (Fsp3) is 0.720. The molecule has 1 aromatic carbocycles. The number of esters is 1. The van der Waals surface area contributed by atoms with Crippen molar-refractivity contribution < 1.29 is 97.5 Å². The number of alkyl halides is 15. The Bertz CT molecular complexity index is 1260. The molecule has 0 heterocycles. The average Bonchev–Trinajstić information content (AvgIpc) is 2.92. The monoisotopic (exact) mass is 764 g/mol. The van der Waals surface area contributed by atoms with Crippen LogP contribution in [-0.2, 0) is 25.3 Å². The van der Waals surface area contributed by atoms with Gasteiger partial charge in [-0.3, -0.25) is 9.35 Å². The van der Waals surface area contributed by atoms with Crippen LogP contribution in [0.15, 0.2) is 30.3 Å². The highest BCUT2D eigenvalue weighted by Gasteiger charge is 2.88. The predicted octanol–water partition coefficient (Wildman–Crippen LogP) is 9.28. The van der Waals surface area contributed by atoms with Crippen molar-refractivity contribution in [2.75, 3.05) is 12.9 Å². The van der Waals surface area contributed by atoms with Gasteiger partial charge in [-0.25, -0.2) is 22.0 Å². The van der Waals surface area contributed by atoms with Crippen molar-refractivity contribution in [2.24, 2.45) is 11.3 Å². The first-order valence-corrected chi connectivity index (χ1v) is 14.4. The van der Waals surface area contributed by atoms with Gasteiger partial charge < -0.3 is 4.74 Å². The molecule has 48 heavy (non-hydrogen) atoms. The Morgan fingerprint density at radius 2 is 1.15 bits per heavy atom. The van der Waals surface area contributed by atoms with Crippen LogP contribution in [0.2, 0.25) is 0 Å². The summed E-state index contributed by atoms with van der Waals surface area (Å²) in [4.78, 5) is 12.5. The maximum atomic E-state index is 15.6. The molecule has 284 valence electrons. The third kappa shape index (κ3) is 10.5. The lowest BCUT2D eigenvalue weighted by molar-refractivity contribution is -0.417. The van der Waals surface area contributed by atoms with Crippen LogP contribution in [-0.4, -0.2) is 73.8 Å². The van der Waals surface area contributed by atoms with Gasteiger partial charge in [-0.15, -0.1) is 0 Å². The van der Waals surface area contributed by atoms with E-state index in [1.807, 2.05) is 0 Å². The molecule has 0 aromatic heterocycles. The molecule has 2 atom stereocenters. The Kier molecular flexibility index (Phi) is 15.8. The first-order chi connectivity index (χ1) is 21.1. The summed E-state index contributed by atoms with van der Waals surface area (Å²) in [5.74, 6) is -44.9. The Balaban J connectivity index is 0. The van der Waals surface area contributed by atoms with Gasteiger partial charge in [0.15, 0.2) is 5.67 Å². The molecule has 5 nitrogen and oxygen atoms in total. The molecule has 0 radical (unpaired) electrons. The standard InChI is InChI=1S/C24H25F15O2.CH4O3S.F2/c1-13(20(30,31)22(34,35)24(38,39)23(36,37)21(32,33)15(25)26)10-11-41-16(40)17(2,3)12-19(29,18(4,27)28)14-8-6-5-7-9-14;1-5(2,3)4;1-2/h5-9,13,15H,10-12H2,1-4H3;1H3,(H,2,3,4);. The summed E-state index contributed by atoms with van der Waals surface area (Å²) in [7, 11) is -3.67. The van der Waals surface area contributed by atoms with E-state index in [-0.39, 0.29) is 13.8 Å². The zero-order chi connectivity index (χ0) is 39.2. The van der Waals surface area contributed by atoms with Gasteiger partial charge in [-0.2, -0.15) is 52.3 Å². The highest BCUT2D eigenvalue weighted by Crippen LogP contribution is 2.59. The molecule has 0 spiro atoms. The van der Waals surface area contributed by atoms with Crippen LogP contribution >= 0.6 is 0 Å². The number of benzene rings is 1. The van der Waals surface area contributed by atoms with Gasteiger partial charge in [0.1, 0.15) is 0 Å². The van der Waals surface area contributed by atoms with Crippen molar-refractivity contribution in [2.45, 2.75) is 88.2 Å². The molecule has 0 aliphatic rings. The van der Waals surface area contributed by atoms with Crippen molar-refractivity contribution in [1.29, 1.82) is 0 Å². The Labute approximate surface area is 262 Å². The van der Waals surface area contributed by atoms with Crippen LogP contribution in [0.25, 0.3) is 0 Å². The second kappa shape index (κ2) is 16.0.